The highest BCUT2D eigenvalue weighted by Crippen LogP contribution is 2.23. The zero-order valence-electron chi connectivity index (χ0n) is 13.3. The Kier molecular flexibility index (Phi) is 4.62. The van der Waals surface area contributed by atoms with Gasteiger partial charge in [-0.25, -0.2) is 4.98 Å². The third-order valence-electron chi connectivity index (χ3n) is 3.26. The van der Waals surface area contributed by atoms with Crippen LogP contribution in [0.5, 0.6) is 5.75 Å². The molecule has 0 saturated heterocycles. The van der Waals surface area contributed by atoms with Gasteiger partial charge in [-0.2, -0.15) is 4.98 Å². The van der Waals surface area contributed by atoms with E-state index in [4.69, 9.17) is 4.74 Å². The highest BCUT2D eigenvalue weighted by atomic mass is 16.5. The normalized spacial score (nSPS) is 10.3. The first-order valence-corrected chi connectivity index (χ1v) is 6.86. The van der Waals surface area contributed by atoms with E-state index in [1.807, 2.05) is 38.2 Å². The van der Waals surface area contributed by atoms with Gasteiger partial charge in [0.2, 0.25) is 5.95 Å². The lowest BCUT2D eigenvalue weighted by molar-refractivity contribution is 0.409. The van der Waals surface area contributed by atoms with Gasteiger partial charge in [0.1, 0.15) is 11.6 Å². The smallest absolute Gasteiger partial charge is 0.226 e. The largest absolute Gasteiger partial charge is 0.496 e. The number of benzene rings is 1. The number of anilines is 2. The molecule has 0 amide bonds. The van der Waals surface area contributed by atoms with Gasteiger partial charge in [-0.1, -0.05) is 17.7 Å². The average Bonchev–Trinajstić information content (AvgIpc) is 2.47. The summed E-state index contributed by atoms with van der Waals surface area (Å²) in [6, 6.07) is 8.11. The van der Waals surface area contributed by atoms with Crippen LogP contribution in [0.25, 0.3) is 0 Å². The molecule has 0 aliphatic heterocycles. The summed E-state index contributed by atoms with van der Waals surface area (Å²) in [7, 11) is 7.58. The summed E-state index contributed by atoms with van der Waals surface area (Å²) < 4.78 is 5.43. The van der Waals surface area contributed by atoms with E-state index in [1.54, 1.807) is 13.3 Å². The number of nitrogens with zero attached hydrogens (tertiary/aromatic N) is 4. The van der Waals surface area contributed by atoms with Crippen LogP contribution in [-0.4, -0.2) is 38.2 Å². The van der Waals surface area contributed by atoms with E-state index in [1.165, 1.54) is 5.56 Å². The fourth-order valence-electron chi connectivity index (χ4n) is 2.13. The van der Waals surface area contributed by atoms with E-state index in [9.17, 15) is 0 Å². The van der Waals surface area contributed by atoms with E-state index < -0.39 is 0 Å². The van der Waals surface area contributed by atoms with Crippen molar-refractivity contribution in [1.29, 1.82) is 0 Å². The maximum Gasteiger partial charge on any atom is 0.226 e. The Labute approximate surface area is 126 Å². The van der Waals surface area contributed by atoms with Crippen molar-refractivity contribution in [3.05, 3.63) is 41.6 Å². The molecule has 0 aliphatic rings. The van der Waals surface area contributed by atoms with Crippen LogP contribution in [0.15, 0.2) is 30.5 Å². The van der Waals surface area contributed by atoms with Gasteiger partial charge in [0.25, 0.3) is 0 Å². The Balaban J connectivity index is 2.23. The summed E-state index contributed by atoms with van der Waals surface area (Å²) in [5.41, 5.74) is 2.36. The van der Waals surface area contributed by atoms with Gasteiger partial charge >= 0.3 is 0 Å². The van der Waals surface area contributed by atoms with Crippen molar-refractivity contribution < 1.29 is 4.74 Å². The fourth-order valence-corrected chi connectivity index (χ4v) is 2.13. The third-order valence-corrected chi connectivity index (χ3v) is 3.26. The molecule has 0 bridgehead atoms. The zero-order chi connectivity index (χ0) is 15.4. The Bertz CT molecular complexity index is 613. The van der Waals surface area contributed by atoms with Gasteiger partial charge in [0, 0.05) is 39.4 Å². The second-order valence-corrected chi connectivity index (χ2v) is 5.28. The SMILES string of the molecule is COc1ccc(C)cc1CN(C)c1ccnc(N(C)C)n1. The molecule has 1 aromatic carbocycles. The maximum atomic E-state index is 5.43. The van der Waals surface area contributed by atoms with E-state index in [0.29, 0.717) is 5.95 Å². The van der Waals surface area contributed by atoms with Crippen LogP contribution in [0.4, 0.5) is 11.8 Å². The third kappa shape index (κ3) is 3.62. The Hall–Kier alpha value is -2.30. The molecular formula is C16H22N4O. The predicted molar refractivity (Wildman–Crippen MR) is 86.2 cm³/mol. The predicted octanol–water partition coefficient (Wildman–Crippen LogP) is 2.50. The number of rotatable bonds is 5. The van der Waals surface area contributed by atoms with E-state index in [2.05, 4.69) is 33.9 Å². The molecular weight excluding hydrogens is 264 g/mol. The quantitative estimate of drug-likeness (QED) is 0.844. The highest BCUT2D eigenvalue weighted by molar-refractivity contribution is 5.45. The molecule has 0 unspecified atom stereocenters. The molecule has 5 nitrogen and oxygen atoms in total. The minimum absolute atomic E-state index is 0.704. The van der Waals surface area contributed by atoms with E-state index in [0.717, 1.165) is 23.7 Å². The van der Waals surface area contributed by atoms with Gasteiger partial charge in [-0.3, -0.25) is 0 Å². The van der Waals surface area contributed by atoms with Crippen molar-refractivity contribution in [1.82, 2.24) is 9.97 Å². The number of hydrogen-bond donors (Lipinski definition) is 0. The molecule has 0 saturated carbocycles. The topological polar surface area (TPSA) is 41.5 Å². The molecule has 5 heteroatoms. The zero-order valence-corrected chi connectivity index (χ0v) is 13.3. The van der Waals surface area contributed by atoms with Crippen molar-refractivity contribution in [2.75, 3.05) is 38.1 Å². The highest BCUT2D eigenvalue weighted by Gasteiger charge is 2.10. The van der Waals surface area contributed by atoms with Crippen LogP contribution >= 0.6 is 0 Å². The number of aromatic nitrogens is 2. The second kappa shape index (κ2) is 6.43. The van der Waals surface area contributed by atoms with E-state index in [-0.39, 0.29) is 0 Å². The summed E-state index contributed by atoms with van der Waals surface area (Å²) >= 11 is 0. The lowest BCUT2D eigenvalue weighted by Crippen LogP contribution is -2.20. The van der Waals surface area contributed by atoms with Crippen molar-refractivity contribution in [3.8, 4) is 5.75 Å². The van der Waals surface area contributed by atoms with Crippen LogP contribution in [0, 0.1) is 6.92 Å². The monoisotopic (exact) mass is 286 g/mol. The van der Waals surface area contributed by atoms with Gasteiger partial charge in [-0.05, 0) is 19.1 Å². The van der Waals surface area contributed by atoms with Crippen LogP contribution in [-0.2, 0) is 6.54 Å². The molecule has 0 atom stereocenters. The number of hydrogen-bond acceptors (Lipinski definition) is 5. The summed E-state index contributed by atoms with van der Waals surface area (Å²) in [5.74, 6) is 2.49. The molecule has 21 heavy (non-hydrogen) atoms. The molecule has 0 spiro atoms. The van der Waals surface area contributed by atoms with Gasteiger partial charge < -0.3 is 14.5 Å². The molecule has 1 aromatic heterocycles. The Morgan fingerprint density at radius 1 is 1.14 bits per heavy atom. The van der Waals surface area contributed by atoms with E-state index >= 15 is 0 Å². The van der Waals surface area contributed by atoms with Gasteiger partial charge in [0.15, 0.2) is 0 Å². The standard InChI is InChI=1S/C16H22N4O/c1-12-6-7-14(21-5)13(10-12)11-20(4)15-8-9-17-16(18-15)19(2)3/h6-10H,11H2,1-5H3. The lowest BCUT2D eigenvalue weighted by atomic mass is 10.1. The first-order valence-electron chi connectivity index (χ1n) is 6.86. The molecule has 112 valence electrons. The van der Waals surface area contributed by atoms with Crippen molar-refractivity contribution >= 4 is 11.8 Å². The summed E-state index contributed by atoms with van der Waals surface area (Å²) in [6.07, 6.45) is 1.78. The van der Waals surface area contributed by atoms with Gasteiger partial charge in [-0.15, -0.1) is 0 Å². The Morgan fingerprint density at radius 3 is 2.57 bits per heavy atom. The van der Waals surface area contributed by atoms with Crippen molar-refractivity contribution in [3.63, 3.8) is 0 Å². The van der Waals surface area contributed by atoms with Crippen LogP contribution < -0.4 is 14.5 Å². The maximum absolute atomic E-state index is 5.43. The molecule has 0 fully saturated rings. The molecule has 1 heterocycles. The van der Waals surface area contributed by atoms with Crippen LogP contribution in [0.3, 0.4) is 0 Å². The molecule has 2 aromatic rings. The number of ether oxygens (including phenoxy) is 1. The van der Waals surface area contributed by atoms with Crippen molar-refractivity contribution in [2.45, 2.75) is 13.5 Å². The fraction of sp³-hybridized carbons (Fsp3) is 0.375. The summed E-state index contributed by atoms with van der Waals surface area (Å²) in [4.78, 5) is 12.8. The average molecular weight is 286 g/mol. The molecule has 0 radical (unpaired) electrons. The minimum atomic E-state index is 0.704. The number of methoxy groups -OCH3 is 1. The van der Waals surface area contributed by atoms with Crippen LogP contribution in [0.2, 0.25) is 0 Å². The second-order valence-electron chi connectivity index (χ2n) is 5.28. The Morgan fingerprint density at radius 2 is 1.90 bits per heavy atom. The number of aryl methyl sites for hydroxylation is 1. The summed E-state index contributed by atoms with van der Waals surface area (Å²) in [6.45, 7) is 2.81. The minimum Gasteiger partial charge on any atom is -0.496 e. The van der Waals surface area contributed by atoms with Crippen LogP contribution in [0.1, 0.15) is 11.1 Å². The first kappa shape index (κ1) is 15.1. The molecule has 0 aliphatic carbocycles. The molecule has 0 N–H and O–H groups in total. The van der Waals surface area contributed by atoms with Gasteiger partial charge in [0.05, 0.1) is 7.11 Å². The van der Waals surface area contributed by atoms with Crippen molar-refractivity contribution in [2.24, 2.45) is 0 Å². The lowest BCUT2D eigenvalue weighted by Gasteiger charge is -2.21. The summed E-state index contributed by atoms with van der Waals surface area (Å²) in [5, 5.41) is 0. The molecule has 2 rings (SSSR count). The first-order chi connectivity index (χ1) is 10.0.